The molecule has 0 spiro atoms. The van der Waals surface area contributed by atoms with Crippen LogP contribution in [0.4, 0.5) is 4.39 Å². The summed E-state index contributed by atoms with van der Waals surface area (Å²) in [4.78, 5) is 11.4. The standard InChI is InChI=1S/C30H32FNO4/c1-18(32)23-6-4-7-24(29(23)31)22-15-21(12-11-19-9-10-19)30-25(16-22)27(13-14-35-30)36-26-8-3-2-5-20(26)17-28(33)34/h2-8,15-16,18-19,27H,9-14,17,32H2,1H3,(H,33,34)/t18-,27?/m1/s1. The number of nitrogens with two attached hydrogens (primary N) is 1. The van der Waals surface area contributed by atoms with Gasteiger partial charge in [0.2, 0.25) is 0 Å². The van der Waals surface area contributed by atoms with Crippen LogP contribution < -0.4 is 15.2 Å². The van der Waals surface area contributed by atoms with E-state index < -0.39 is 12.0 Å². The Morgan fingerprint density at radius 3 is 2.69 bits per heavy atom. The molecule has 2 aliphatic rings. The highest BCUT2D eigenvalue weighted by Gasteiger charge is 2.29. The van der Waals surface area contributed by atoms with Crippen LogP contribution in [0.3, 0.4) is 0 Å². The summed E-state index contributed by atoms with van der Waals surface area (Å²) in [6.45, 7) is 2.28. The number of carboxylic acid groups (broad SMARTS) is 1. The van der Waals surface area contributed by atoms with E-state index in [0.717, 1.165) is 41.2 Å². The Labute approximate surface area is 211 Å². The first-order valence-corrected chi connectivity index (χ1v) is 12.7. The Morgan fingerprint density at radius 1 is 1.14 bits per heavy atom. The molecule has 1 fully saturated rings. The van der Waals surface area contributed by atoms with Crippen LogP contribution in [-0.4, -0.2) is 17.7 Å². The molecule has 5 nitrogen and oxygen atoms in total. The summed E-state index contributed by atoms with van der Waals surface area (Å²) in [7, 11) is 0. The second-order valence-corrected chi connectivity index (χ2v) is 9.96. The highest BCUT2D eigenvalue weighted by atomic mass is 19.1. The van der Waals surface area contributed by atoms with Crippen molar-refractivity contribution in [3.05, 3.63) is 82.7 Å². The molecule has 2 atom stereocenters. The van der Waals surface area contributed by atoms with Gasteiger partial charge in [-0.25, -0.2) is 4.39 Å². The predicted octanol–water partition coefficient (Wildman–Crippen LogP) is 6.38. The number of hydrogen-bond acceptors (Lipinski definition) is 4. The lowest BCUT2D eigenvalue weighted by atomic mass is 9.90. The molecule has 6 heteroatoms. The number of benzene rings is 3. The van der Waals surface area contributed by atoms with Crippen molar-refractivity contribution in [2.75, 3.05) is 6.61 Å². The molecule has 188 valence electrons. The van der Waals surface area contributed by atoms with Crippen LogP contribution in [-0.2, 0) is 17.6 Å². The largest absolute Gasteiger partial charge is 0.493 e. The van der Waals surface area contributed by atoms with E-state index in [1.165, 1.54) is 12.8 Å². The van der Waals surface area contributed by atoms with E-state index >= 15 is 4.39 Å². The molecule has 0 radical (unpaired) electrons. The van der Waals surface area contributed by atoms with Gasteiger partial charge in [-0.1, -0.05) is 49.2 Å². The number of ether oxygens (including phenoxy) is 2. The summed E-state index contributed by atoms with van der Waals surface area (Å²) in [5.74, 6) is 0.901. The Bertz CT molecular complexity index is 1270. The SMILES string of the molecule is C[C@@H](N)c1cccc(-c2cc(CCC3CC3)c3c(c2)C(Oc2ccccc2CC(=O)O)CCO3)c1F. The van der Waals surface area contributed by atoms with E-state index in [0.29, 0.717) is 35.5 Å². The van der Waals surface area contributed by atoms with Gasteiger partial charge in [0, 0.05) is 34.7 Å². The predicted molar refractivity (Wildman–Crippen MR) is 137 cm³/mol. The zero-order valence-electron chi connectivity index (χ0n) is 20.5. The number of aliphatic carboxylic acids is 1. The topological polar surface area (TPSA) is 81.8 Å². The summed E-state index contributed by atoms with van der Waals surface area (Å²) in [6.07, 6.45) is 4.63. The molecule has 1 aliphatic heterocycles. The van der Waals surface area contributed by atoms with E-state index in [4.69, 9.17) is 15.2 Å². The van der Waals surface area contributed by atoms with Crippen molar-refractivity contribution in [1.82, 2.24) is 0 Å². The molecule has 1 heterocycles. The smallest absolute Gasteiger partial charge is 0.307 e. The molecule has 36 heavy (non-hydrogen) atoms. The second kappa shape index (κ2) is 10.3. The molecule has 3 aromatic rings. The lowest BCUT2D eigenvalue weighted by Crippen LogP contribution is -2.21. The average molecular weight is 490 g/mol. The fourth-order valence-electron chi connectivity index (χ4n) is 4.99. The van der Waals surface area contributed by atoms with Crippen LogP contribution in [0.25, 0.3) is 11.1 Å². The van der Waals surface area contributed by atoms with Crippen LogP contribution in [0.5, 0.6) is 11.5 Å². The number of aryl methyl sites for hydroxylation is 1. The molecule has 0 amide bonds. The first-order chi connectivity index (χ1) is 17.4. The molecule has 0 saturated heterocycles. The maximum Gasteiger partial charge on any atom is 0.307 e. The third-order valence-corrected chi connectivity index (χ3v) is 7.10. The molecule has 1 aliphatic carbocycles. The van der Waals surface area contributed by atoms with Crippen LogP contribution in [0.15, 0.2) is 54.6 Å². The number of para-hydroxylation sites is 1. The van der Waals surface area contributed by atoms with Gasteiger partial charge in [0.1, 0.15) is 23.4 Å². The fraction of sp³-hybridized carbons (Fsp3) is 0.367. The van der Waals surface area contributed by atoms with Crippen molar-refractivity contribution in [2.24, 2.45) is 11.7 Å². The number of carbonyl (C=O) groups is 1. The van der Waals surface area contributed by atoms with Gasteiger partial charge in [-0.3, -0.25) is 4.79 Å². The van der Waals surface area contributed by atoms with E-state index in [1.807, 2.05) is 30.3 Å². The minimum Gasteiger partial charge on any atom is -0.493 e. The van der Waals surface area contributed by atoms with Crippen molar-refractivity contribution in [3.8, 4) is 22.6 Å². The van der Waals surface area contributed by atoms with Crippen LogP contribution in [0.1, 0.15) is 67.0 Å². The quantitative estimate of drug-likeness (QED) is 0.364. The molecular formula is C30H32FNO4. The zero-order chi connectivity index (χ0) is 25.2. The van der Waals surface area contributed by atoms with Gasteiger partial charge in [-0.2, -0.15) is 0 Å². The first kappa shape index (κ1) is 24.3. The summed E-state index contributed by atoms with van der Waals surface area (Å²) < 4.78 is 28.1. The van der Waals surface area contributed by atoms with Gasteiger partial charge >= 0.3 is 5.97 Å². The fourth-order valence-corrected chi connectivity index (χ4v) is 4.99. The molecule has 0 aromatic heterocycles. The van der Waals surface area contributed by atoms with Gasteiger partial charge in [-0.05, 0) is 55.0 Å². The maximum absolute atomic E-state index is 15.5. The third kappa shape index (κ3) is 5.24. The molecule has 1 saturated carbocycles. The van der Waals surface area contributed by atoms with Crippen LogP contribution in [0, 0.1) is 11.7 Å². The van der Waals surface area contributed by atoms with Crippen LogP contribution >= 0.6 is 0 Å². The van der Waals surface area contributed by atoms with Gasteiger partial charge in [-0.15, -0.1) is 0 Å². The van der Waals surface area contributed by atoms with Gasteiger partial charge in [0.05, 0.1) is 13.0 Å². The number of hydrogen-bond donors (Lipinski definition) is 2. The average Bonchev–Trinajstić information content (AvgIpc) is 3.68. The highest BCUT2D eigenvalue weighted by molar-refractivity contribution is 5.72. The van der Waals surface area contributed by atoms with Gasteiger partial charge < -0.3 is 20.3 Å². The minimum absolute atomic E-state index is 0.117. The Morgan fingerprint density at radius 2 is 1.94 bits per heavy atom. The van der Waals surface area contributed by atoms with E-state index in [1.54, 1.807) is 31.2 Å². The number of rotatable bonds is 9. The Hall–Kier alpha value is -3.38. The zero-order valence-corrected chi connectivity index (χ0v) is 20.5. The van der Waals surface area contributed by atoms with E-state index in [9.17, 15) is 9.90 Å². The molecule has 0 bridgehead atoms. The minimum atomic E-state index is -0.910. The van der Waals surface area contributed by atoms with E-state index in [2.05, 4.69) is 0 Å². The van der Waals surface area contributed by atoms with Crippen LogP contribution in [0.2, 0.25) is 0 Å². The van der Waals surface area contributed by atoms with Crippen molar-refractivity contribution >= 4 is 5.97 Å². The van der Waals surface area contributed by atoms with Crippen molar-refractivity contribution in [2.45, 2.75) is 57.6 Å². The van der Waals surface area contributed by atoms with Crippen molar-refractivity contribution in [1.29, 1.82) is 0 Å². The van der Waals surface area contributed by atoms with Gasteiger partial charge in [0.25, 0.3) is 0 Å². The summed E-state index contributed by atoms with van der Waals surface area (Å²) >= 11 is 0. The lowest BCUT2D eigenvalue weighted by molar-refractivity contribution is -0.136. The monoisotopic (exact) mass is 489 g/mol. The summed E-state index contributed by atoms with van der Waals surface area (Å²) in [5, 5.41) is 9.33. The number of carboxylic acids is 1. The number of halogens is 1. The second-order valence-electron chi connectivity index (χ2n) is 9.96. The summed E-state index contributed by atoms with van der Waals surface area (Å²) in [5.41, 5.74) is 10.4. The number of fused-ring (bicyclic) bond motifs is 1. The third-order valence-electron chi connectivity index (χ3n) is 7.10. The molecular weight excluding hydrogens is 457 g/mol. The molecule has 3 N–H and O–H groups in total. The Balaban J connectivity index is 1.57. The normalized spacial score (nSPS) is 17.7. The highest BCUT2D eigenvalue weighted by Crippen LogP contribution is 2.43. The van der Waals surface area contributed by atoms with Gasteiger partial charge in [0.15, 0.2) is 0 Å². The summed E-state index contributed by atoms with van der Waals surface area (Å²) in [6, 6.07) is 16.2. The molecule has 1 unspecified atom stereocenters. The first-order valence-electron chi connectivity index (χ1n) is 12.7. The van der Waals surface area contributed by atoms with E-state index in [-0.39, 0.29) is 18.3 Å². The van der Waals surface area contributed by atoms with Crippen molar-refractivity contribution in [3.63, 3.8) is 0 Å². The van der Waals surface area contributed by atoms with Crippen molar-refractivity contribution < 1.29 is 23.8 Å². The maximum atomic E-state index is 15.5. The molecule has 5 rings (SSSR count). The Kier molecular flexibility index (Phi) is 6.97. The molecule has 3 aromatic carbocycles. The lowest BCUT2D eigenvalue weighted by Gasteiger charge is -2.30.